The maximum absolute atomic E-state index is 12.4. The lowest BCUT2D eigenvalue weighted by atomic mass is 9.96. The van der Waals surface area contributed by atoms with Crippen molar-refractivity contribution in [1.29, 1.82) is 0 Å². The largest absolute Gasteiger partial charge is 0.353 e. The van der Waals surface area contributed by atoms with Gasteiger partial charge >= 0.3 is 0 Å². The molecule has 6 nitrogen and oxygen atoms in total. The molecule has 0 bridgehead atoms. The molecular weight excluding hydrogens is 418 g/mol. The van der Waals surface area contributed by atoms with Crippen LogP contribution in [0.15, 0.2) is 0 Å². The standard InChI is InChI=1S/C24H46ClNO5/c1-5-7-9-11-15-28-22(29-16-12-10-8-6-2)13-14-26(21(27)17-25)18-23-30-19-24(3,4)20-31-23/h22-23H,5-20H2,1-4H3. The van der Waals surface area contributed by atoms with Crippen molar-refractivity contribution in [2.24, 2.45) is 5.41 Å². The first kappa shape index (κ1) is 28.6. The number of carbonyl (C=O) groups is 1. The summed E-state index contributed by atoms with van der Waals surface area (Å²) in [7, 11) is 0. The van der Waals surface area contributed by atoms with Crippen LogP contribution in [0.4, 0.5) is 0 Å². The number of nitrogens with zero attached hydrogens (tertiary/aromatic N) is 1. The van der Waals surface area contributed by atoms with Crippen molar-refractivity contribution in [2.75, 3.05) is 45.4 Å². The van der Waals surface area contributed by atoms with Gasteiger partial charge in [-0.05, 0) is 12.8 Å². The van der Waals surface area contributed by atoms with E-state index in [1.165, 1.54) is 38.5 Å². The topological polar surface area (TPSA) is 57.2 Å². The van der Waals surface area contributed by atoms with Crippen LogP contribution in [-0.4, -0.2) is 68.8 Å². The van der Waals surface area contributed by atoms with Crippen LogP contribution in [0.2, 0.25) is 0 Å². The van der Waals surface area contributed by atoms with Crippen LogP contribution in [0.3, 0.4) is 0 Å². The molecule has 1 aliphatic heterocycles. The summed E-state index contributed by atoms with van der Waals surface area (Å²) in [6.07, 6.45) is 9.16. The van der Waals surface area contributed by atoms with Crippen LogP contribution < -0.4 is 0 Å². The van der Waals surface area contributed by atoms with E-state index in [0.29, 0.717) is 45.9 Å². The van der Waals surface area contributed by atoms with Crippen LogP contribution in [0, 0.1) is 5.41 Å². The highest BCUT2D eigenvalue weighted by Gasteiger charge is 2.30. The van der Waals surface area contributed by atoms with Gasteiger partial charge in [-0.3, -0.25) is 4.79 Å². The zero-order valence-corrected chi connectivity index (χ0v) is 21.1. The van der Waals surface area contributed by atoms with Crippen molar-refractivity contribution in [2.45, 2.75) is 98.1 Å². The number of hydrogen-bond acceptors (Lipinski definition) is 5. The first-order chi connectivity index (χ1) is 14.9. The molecule has 0 aromatic heterocycles. The summed E-state index contributed by atoms with van der Waals surface area (Å²) < 4.78 is 23.7. The van der Waals surface area contributed by atoms with Gasteiger partial charge in [-0.1, -0.05) is 66.2 Å². The molecule has 7 heteroatoms. The molecule has 0 atom stereocenters. The molecule has 1 amide bonds. The van der Waals surface area contributed by atoms with Gasteiger partial charge in [0.1, 0.15) is 5.88 Å². The Morgan fingerprint density at radius 2 is 1.55 bits per heavy atom. The molecule has 1 saturated heterocycles. The first-order valence-electron chi connectivity index (χ1n) is 12.2. The zero-order valence-electron chi connectivity index (χ0n) is 20.3. The number of rotatable bonds is 18. The molecule has 31 heavy (non-hydrogen) atoms. The Labute approximate surface area is 195 Å². The predicted octanol–water partition coefficient (Wildman–Crippen LogP) is 5.36. The highest BCUT2D eigenvalue weighted by molar-refractivity contribution is 6.27. The molecule has 0 aromatic rings. The van der Waals surface area contributed by atoms with Crippen molar-refractivity contribution in [3.63, 3.8) is 0 Å². The van der Waals surface area contributed by atoms with Crippen LogP contribution in [0.1, 0.15) is 85.5 Å². The molecule has 0 radical (unpaired) electrons. The second kappa shape index (κ2) is 17.1. The molecule has 1 heterocycles. The Morgan fingerprint density at radius 3 is 2.03 bits per heavy atom. The monoisotopic (exact) mass is 463 g/mol. The van der Waals surface area contributed by atoms with Crippen LogP contribution >= 0.6 is 11.6 Å². The number of alkyl halides is 1. The zero-order chi connectivity index (χ0) is 23.0. The summed E-state index contributed by atoms with van der Waals surface area (Å²) in [4.78, 5) is 14.1. The number of halogens is 1. The molecule has 0 aromatic carbocycles. The van der Waals surface area contributed by atoms with Crippen molar-refractivity contribution < 1.29 is 23.7 Å². The fourth-order valence-electron chi connectivity index (χ4n) is 3.38. The number of amides is 1. The van der Waals surface area contributed by atoms with E-state index in [0.717, 1.165) is 12.8 Å². The quantitative estimate of drug-likeness (QED) is 0.155. The Hall–Kier alpha value is -0.400. The molecule has 1 aliphatic rings. The van der Waals surface area contributed by atoms with Crippen LogP contribution in [-0.2, 0) is 23.7 Å². The van der Waals surface area contributed by atoms with Gasteiger partial charge < -0.3 is 23.8 Å². The van der Waals surface area contributed by atoms with Gasteiger partial charge in [-0.2, -0.15) is 0 Å². The number of hydrogen-bond donors (Lipinski definition) is 0. The molecule has 0 unspecified atom stereocenters. The molecular formula is C24H46ClNO5. The van der Waals surface area contributed by atoms with Gasteiger partial charge in [0, 0.05) is 31.6 Å². The van der Waals surface area contributed by atoms with Gasteiger partial charge in [0.15, 0.2) is 12.6 Å². The Balaban J connectivity index is 2.51. The SMILES string of the molecule is CCCCCCOC(CCN(CC1OCC(C)(C)CO1)C(=O)CCl)OCCCCCC. The number of ether oxygens (including phenoxy) is 4. The number of carbonyl (C=O) groups excluding carboxylic acids is 1. The van der Waals surface area contributed by atoms with E-state index in [1.54, 1.807) is 4.90 Å². The van der Waals surface area contributed by atoms with Gasteiger partial charge in [0.25, 0.3) is 0 Å². The summed E-state index contributed by atoms with van der Waals surface area (Å²) in [5.41, 5.74) is 0.000150. The lowest BCUT2D eigenvalue weighted by Crippen LogP contribution is -2.46. The third kappa shape index (κ3) is 13.7. The third-order valence-corrected chi connectivity index (χ3v) is 5.62. The van der Waals surface area contributed by atoms with Gasteiger partial charge in [-0.15, -0.1) is 11.6 Å². The summed E-state index contributed by atoms with van der Waals surface area (Å²) in [6, 6.07) is 0. The molecule has 1 rings (SSSR count). The molecule has 0 aliphatic carbocycles. The highest BCUT2D eigenvalue weighted by Crippen LogP contribution is 2.23. The van der Waals surface area contributed by atoms with E-state index >= 15 is 0 Å². The minimum absolute atomic E-state index is 0.000150. The molecule has 184 valence electrons. The first-order valence-corrected chi connectivity index (χ1v) is 12.8. The number of unbranched alkanes of at least 4 members (excludes halogenated alkanes) is 6. The van der Waals surface area contributed by atoms with E-state index in [9.17, 15) is 4.79 Å². The van der Waals surface area contributed by atoms with E-state index in [2.05, 4.69) is 27.7 Å². The Bertz CT molecular complexity index is 439. The second-order valence-corrected chi connectivity index (χ2v) is 9.54. The third-order valence-electron chi connectivity index (χ3n) is 5.39. The molecule has 0 saturated carbocycles. The molecule has 0 N–H and O–H groups in total. The summed E-state index contributed by atoms with van der Waals surface area (Å²) in [6.45, 7) is 12.1. The predicted molar refractivity (Wildman–Crippen MR) is 125 cm³/mol. The van der Waals surface area contributed by atoms with E-state index < -0.39 is 6.29 Å². The van der Waals surface area contributed by atoms with Gasteiger partial charge in [0.2, 0.25) is 5.91 Å². The minimum atomic E-state index is -0.413. The van der Waals surface area contributed by atoms with Gasteiger partial charge in [-0.25, -0.2) is 0 Å². The fraction of sp³-hybridized carbons (Fsp3) is 0.958. The summed E-state index contributed by atoms with van der Waals surface area (Å²) in [5, 5.41) is 0. The van der Waals surface area contributed by atoms with Gasteiger partial charge in [0.05, 0.1) is 19.8 Å². The lowest BCUT2D eigenvalue weighted by molar-refractivity contribution is -0.227. The smallest absolute Gasteiger partial charge is 0.237 e. The van der Waals surface area contributed by atoms with Crippen molar-refractivity contribution >= 4 is 17.5 Å². The average Bonchev–Trinajstić information content (AvgIpc) is 2.76. The summed E-state index contributed by atoms with van der Waals surface area (Å²) in [5.74, 6) is -0.179. The highest BCUT2D eigenvalue weighted by atomic mass is 35.5. The normalized spacial score (nSPS) is 16.7. The fourth-order valence-corrected chi connectivity index (χ4v) is 3.55. The Morgan fingerprint density at radius 1 is 1.00 bits per heavy atom. The lowest BCUT2D eigenvalue weighted by Gasteiger charge is -2.37. The second-order valence-electron chi connectivity index (χ2n) is 9.27. The van der Waals surface area contributed by atoms with E-state index in [4.69, 9.17) is 30.5 Å². The maximum atomic E-state index is 12.4. The molecule has 1 fully saturated rings. The van der Waals surface area contributed by atoms with Crippen LogP contribution in [0.5, 0.6) is 0 Å². The van der Waals surface area contributed by atoms with Crippen LogP contribution in [0.25, 0.3) is 0 Å². The van der Waals surface area contributed by atoms with E-state index in [1.807, 2.05) is 0 Å². The van der Waals surface area contributed by atoms with Crippen molar-refractivity contribution in [3.8, 4) is 0 Å². The van der Waals surface area contributed by atoms with Crippen molar-refractivity contribution in [3.05, 3.63) is 0 Å². The van der Waals surface area contributed by atoms with Crippen molar-refractivity contribution in [1.82, 2.24) is 4.90 Å². The minimum Gasteiger partial charge on any atom is -0.353 e. The molecule has 0 spiro atoms. The van der Waals surface area contributed by atoms with E-state index in [-0.39, 0.29) is 23.5 Å². The Kier molecular flexibility index (Phi) is 15.8. The summed E-state index contributed by atoms with van der Waals surface area (Å²) >= 11 is 5.85. The average molecular weight is 464 g/mol. The maximum Gasteiger partial charge on any atom is 0.237 e.